The number of rotatable bonds is 11. The van der Waals surface area contributed by atoms with Crippen molar-refractivity contribution in [1.82, 2.24) is 9.88 Å². The maximum Gasteiger partial charge on any atom is 0.267 e. The average Bonchev–Trinajstić information content (AvgIpc) is 3.19. The summed E-state index contributed by atoms with van der Waals surface area (Å²) in [6.45, 7) is 0.488. The van der Waals surface area contributed by atoms with E-state index in [2.05, 4.69) is 15.6 Å². The molecule has 0 fully saturated rings. The van der Waals surface area contributed by atoms with Gasteiger partial charge in [0.05, 0.1) is 27.2 Å². The number of nitrogens with zero attached hydrogens (tertiary/aromatic N) is 2. The van der Waals surface area contributed by atoms with Crippen molar-refractivity contribution in [1.29, 1.82) is 0 Å². The van der Waals surface area contributed by atoms with Gasteiger partial charge in [-0.15, -0.1) is 11.3 Å². The summed E-state index contributed by atoms with van der Waals surface area (Å²) in [5, 5.41) is 7.73. The van der Waals surface area contributed by atoms with Gasteiger partial charge in [0, 0.05) is 30.4 Å². The van der Waals surface area contributed by atoms with Gasteiger partial charge in [-0.1, -0.05) is 34.8 Å². The van der Waals surface area contributed by atoms with Gasteiger partial charge in [0.25, 0.3) is 11.8 Å². The van der Waals surface area contributed by atoms with Gasteiger partial charge in [0.1, 0.15) is 23.1 Å². The number of ether oxygens (including phenoxy) is 1. The molecule has 1 unspecified atom stereocenters. The van der Waals surface area contributed by atoms with Crippen molar-refractivity contribution in [2.24, 2.45) is 5.73 Å². The molecular formula is C22H21Cl3N5O5S2-. The Kier molecular flexibility index (Phi) is 10.7. The van der Waals surface area contributed by atoms with E-state index >= 15 is 0 Å². The van der Waals surface area contributed by atoms with Crippen LogP contribution in [0.5, 0.6) is 5.75 Å². The topological polar surface area (TPSA) is 150 Å². The number of hydrogen-bond donors (Lipinski definition) is 3. The van der Waals surface area contributed by atoms with E-state index in [1.54, 1.807) is 18.5 Å². The average molecular weight is 606 g/mol. The van der Waals surface area contributed by atoms with Gasteiger partial charge in [0.15, 0.2) is 0 Å². The Labute approximate surface area is 234 Å². The van der Waals surface area contributed by atoms with Crippen LogP contribution in [0.25, 0.3) is 0 Å². The molecule has 0 saturated heterocycles. The number of carbonyl (C=O) groups excluding carboxylic acids is 2. The predicted molar refractivity (Wildman–Crippen MR) is 146 cm³/mol. The van der Waals surface area contributed by atoms with Crippen molar-refractivity contribution in [3.05, 3.63) is 66.9 Å². The van der Waals surface area contributed by atoms with Crippen molar-refractivity contribution in [2.75, 3.05) is 36.7 Å². The molecule has 15 heteroatoms. The zero-order valence-corrected chi connectivity index (χ0v) is 23.2. The summed E-state index contributed by atoms with van der Waals surface area (Å²) in [6, 6.07) is 5.89. The van der Waals surface area contributed by atoms with Crippen molar-refractivity contribution in [3.63, 3.8) is 0 Å². The van der Waals surface area contributed by atoms with Crippen LogP contribution in [0.1, 0.15) is 25.6 Å². The molecule has 0 aliphatic carbocycles. The Hall–Kier alpha value is -2.29. The molecule has 0 spiro atoms. The lowest BCUT2D eigenvalue weighted by Crippen LogP contribution is -2.22. The van der Waals surface area contributed by atoms with E-state index in [0.29, 0.717) is 10.6 Å². The van der Waals surface area contributed by atoms with Gasteiger partial charge < -0.3 is 25.7 Å². The summed E-state index contributed by atoms with van der Waals surface area (Å²) in [4.78, 5) is 32.1. The smallest absolute Gasteiger partial charge is 0.267 e. The van der Waals surface area contributed by atoms with Crippen LogP contribution < -0.4 is 21.1 Å². The molecule has 2 heterocycles. The zero-order valence-electron chi connectivity index (χ0n) is 19.3. The zero-order chi connectivity index (χ0) is 27.1. The molecule has 1 aromatic carbocycles. The van der Waals surface area contributed by atoms with Crippen molar-refractivity contribution < 1.29 is 23.1 Å². The number of nitrogens with two attached hydrogens (primary N) is 1. The number of amides is 2. The summed E-state index contributed by atoms with van der Waals surface area (Å²) < 4.78 is 27.5. The van der Waals surface area contributed by atoms with Crippen LogP contribution in [-0.4, -0.2) is 56.5 Å². The van der Waals surface area contributed by atoms with E-state index in [0.717, 1.165) is 11.3 Å². The molecule has 198 valence electrons. The van der Waals surface area contributed by atoms with Crippen LogP contribution in [0.15, 0.2) is 35.8 Å². The number of hydrogen-bond acceptors (Lipinski definition) is 9. The van der Waals surface area contributed by atoms with Gasteiger partial charge in [-0.3, -0.25) is 18.7 Å². The van der Waals surface area contributed by atoms with E-state index < -0.39 is 22.9 Å². The summed E-state index contributed by atoms with van der Waals surface area (Å²) in [5.41, 5.74) is 6.20. The first-order valence-electron chi connectivity index (χ1n) is 10.5. The largest absolute Gasteiger partial charge is 0.771 e. The second kappa shape index (κ2) is 13.5. The lowest BCUT2D eigenvalue weighted by molar-refractivity contribution is 0.102. The molecule has 10 nitrogen and oxygen atoms in total. The number of thiophene rings is 1. The van der Waals surface area contributed by atoms with E-state index in [1.807, 2.05) is 0 Å². The number of pyridine rings is 1. The number of anilines is 2. The third-order valence-corrected chi connectivity index (χ3v) is 7.33. The minimum Gasteiger partial charge on any atom is -0.771 e. The highest BCUT2D eigenvalue weighted by molar-refractivity contribution is 7.79. The summed E-state index contributed by atoms with van der Waals surface area (Å²) in [7, 11) is 1.61. The molecule has 1 atom stereocenters. The number of halogens is 3. The highest BCUT2D eigenvalue weighted by atomic mass is 35.5. The first-order chi connectivity index (χ1) is 17.6. The quantitative estimate of drug-likeness (QED) is 0.275. The molecule has 0 bridgehead atoms. The van der Waals surface area contributed by atoms with Gasteiger partial charge in [-0.05, 0) is 47.3 Å². The molecule has 2 aromatic heterocycles. The fourth-order valence-corrected chi connectivity index (χ4v) is 5.15. The maximum absolute atomic E-state index is 13.2. The Balaban J connectivity index is 1.92. The molecule has 0 aliphatic heterocycles. The highest BCUT2D eigenvalue weighted by Gasteiger charge is 2.24. The molecule has 3 aromatic rings. The molecule has 4 N–H and O–H groups in total. The summed E-state index contributed by atoms with van der Waals surface area (Å²) in [6.07, 6.45) is 1.37. The van der Waals surface area contributed by atoms with Crippen LogP contribution in [-0.2, 0) is 17.6 Å². The Morgan fingerprint density at radius 2 is 1.95 bits per heavy atom. The number of benzene rings is 1. The fraction of sp³-hybridized carbons (Fsp3) is 0.227. The molecule has 0 saturated carbocycles. The van der Waals surface area contributed by atoms with Gasteiger partial charge in [0.2, 0.25) is 0 Å². The monoisotopic (exact) mass is 604 g/mol. The fourth-order valence-electron chi connectivity index (χ4n) is 3.13. The normalized spacial score (nSPS) is 11.9. The van der Waals surface area contributed by atoms with Crippen LogP contribution >= 0.6 is 46.1 Å². The van der Waals surface area contributed by atoms with Crippen molar-refractivity contribution >= 4 is 80.5 Å². The van der Waals surface area contributed by atoms with Crippen LogP contribution in [0.2, 0.25) is 15.1 Å². The van der Waals surface area contributed by atoms with Crippen LogP contribution in [0.4, 0.5) is 11.5 Å². The van der Waals surface area contributed by atoms with E-state index in [-0.39, 0.29) is 63.3 Å². The van der Waals surface area contributed by atoms with E-state index in [9.17, 15) is 18.4 Å². The van der Waals surface area contributed by atoms with E-state index in [4.69, 9.17) is 45.3 Å². The third-order valence-electron chi connectivity index (χ3n) is 4.67. The molecular weight excluding hydrogens is 585 g/mol. The standard InChI is InChI=1S/C22H22Cl3N5O5S2/c1-30(11-37(33)34)9-12-10-36-20(18(12)25)22(32)29-19-15(6-14(24)7-16(19)35-5-4-26)21(31)28-17-3-2-13(23)8-27-17/h2-3,6-8,10H,4-5,9,11,26H2,1H3,(H,29,32)(H,33,34)(H,27,28,31)/p-1. The van der Waals surface area contributed by atoms with Gasteiger partial charge in [-0.25, -0.2) is 4.98 Å². The molecule has 2 amide bonds. The lowest BCUT2D eigenvalue weighted by Gasteiger charge is -2.18. The van der Waals surface area contributed by atoms with Crippen LogP contribution in [0, 0.1) is 0 Å². The first kappa shape index (κ1) is 29.3. The molecule has 0 aliphatic rings. The number of aromatic nitrogens is 1. The number of carbonyl (C=O) groups is 2. The molecule has 37 heavy (non-hydrogen) atoms. The highest BCUT2D eigenvalue weighted by Crippen LogP contribution is 2.36. The van der Waals surface area contributed by atoms with E-state index in [1.165, 1.54) is 29.3 Å². The Morgan fingerprint density at radius 3 is 2.59 bits per heavy atom. The Morgan fingerprint density at radius 1 is 1.19 bits per heavy atom. The molecule has 3 rings (SSSR count). The lowest BCUT2D eigenvalue weighted by atomic mass is 10.1. The van der Waals surface area contributed by atoms with Crippen molar-refractivity contribution in [3.8, 4) is 5.75 Å². The van der Waals surface area contributed by atoms with Crippen LogP contribution in [0.3, 0.4) is 0 Å². The second-order valence-corrected chi connectivity index (χ2v) is 10.6. The predicted octanol–water partition coefficient (Wildman–Crippen LogP) is 4.21. The Bertz CT molecular complexity index is 1310. The third kappa shape index (κ3) is 8.09. The van der Waals surface area contributed by atoms with Gasteiger partial charge in [-0.2, -0.15) is 0 Å². The minimum absolute atomic E-state index is 0.00943. The van der Waals surface area contributed by atoms with Gasteiger partial charge >= 0.3 is 0 Å². The second-order valence-electron chi connectivity index (χ2n) is 7.58. The number of nitrogens with one attached hydrogen (secondary N) is 2. The molecule has 0 radical (unpaired) electrons. The SMILES string of the molecule is CN(Cc1csc(C(=O)Nc2c(OCCN)cc(Cl)cc2C(=O)Nc2ccc(Cl)cn2)c1Cl)CS(=O)[O-]. The first-order valence-corrected chi connectivity index (χ1v) is 13.8. The van der Waals surface area contributed by atoms with Crippen molar-refractivity contribution in [2.45, 2.75) is 6.54 Å². The minimum atomic E-state index is -2.26. The maximum atomic E-state index is 13.2. The summed E-state index contributed by atoms with van der Waals surface area (Å²) in [5.74, 6) is -1.05. The summed E-state index contributed by atoms with van der Waals surface area (Å²) >= 11 is 17.3.